The van der Waals surface area contributed by atoms with Crippen molar-refractivity contribution in [3.05, 3.63) is 77.2 Å². The van der Waals surface area contributed by atoms with E-state index in [2.05, 4.69) is 15.7 Å². The van der Waals surface area contributed by atoms with Crippen LogP contribution in [0.3, 0.4) is 0 Å². The first-order valence-electron chi connectivity index (χ1n) is 8.32. The van der Waals surface area contributed by atoms with Gasteiger partial charge < -0.3 is 5.32 Å². The minimum atomic E-state index is -0.643. The topological polar surface area (TPSA) is 59.0 Å². The second kappa shape index (κ2) is 6.88. The molecule has 3 aromatic rings. The Morgan fingerprint density at radius 3 is 2.56 bits per heavy atom. The Labute approximate surface area is 152 Å². The van der Waals surface area contributed by atoms with Crippen LogP contribution in [0.5, 0.6) is 0 Å². The van der Waals surface area contributed by atoms with Crippen LogP contribution < -0.4 is 10.6 Å². The second-order valence-corrected chi connectivity index (χ2v) is 6.21. The third-order valence-electron chi connectivity index (χ3n) is 4.40. The van der Waals surface area contributed by atoms with Gasteiger partial charge in [-0.25, -0.2) is 17.9 Å². The molecule has 1 atom stereocenters. The van der Waals surface area contributed by atoms with Crippen LogP contribution in [0.2, 0.25) is 0 Å². The van der Waals surface area contributed by atoms with E-state index in [0.29, 0.717) is 22.5 Å². The molecule has 138 valence electrons. The molecule has 2 heterocycles. The van der Waals surface area contributed by atoms with E-state index in [1.54, 1.807) is 18.2 Å². The molecule has 0 spiro atoms. The van der Waals surface area contributed by atoms with Gasteiger partial charge in [-0.15, -0.1) is 0 Å². The molecule has 4 rings (SSSR count). The molecule has 0 saturated carbocycles. The largest absolute Gasteiger partial charge is 0.347 e. The minimum Gasteiger partial charge on any atom is -0.347 e. The summed E-state index contributed by atoms with van der Waals surface area (Å²) in [5.74, 6) is -1.92. The van der Waals surface area contributed by atoms with Crippen LogP contribution in [-0.4, -0.2) is 22.2 Å². The zero-order valence-corrected chi connectivity index (χ0v) is 14.0. The second-order valence-electron chi connectivity index (χ2n) is 6.21. The van der Waals surface area contributed by atoms with Crippen molar-refractivity contribution >= 4 is 5.91 Å². The Kier molecular flexibility index (Phi) is 4.41. The summed E-state index contributed by atoms with van der Waals surface area (Å²) in [6.07, 6.45) is -0.406. The van der Waals surface area contributed by atoms with Crippen molar-refractivity contribution in [1.82, 2.24) is 20.4 Å². The summed E-state index contributed by atoms with van der Waals surface area (Å²) in [5.41, 5.74) is 1.86. The van der Waals surface area contributed by atoms with Gasteiger partial charge in [0, 0.05) is 23.7 Å². The molecular weight excluding hydrogens is 357 g/mol. The molecule has 0 radical (unpaired) electrons. The molecule has 1 aliphatic rings. The number of carbonyl (C=O) groups excluding carboxylic acids is 1. The summed E-state index contributed by atoms with van der Waals surface area (Å²) in [5, 5.41) is 10.3. The zero-order valence-electron chi connectivity index (χ0n) is 14.0. The highest BCUT2D eigenvalue weighted by Gasteiger charge is 2.27. The molecule has 1 aliphatic heterocycles. The zero-order chi connectivity index (χ0) is 19.0. The molecule has 0 bridgehead atoms. The maximum atomic E-state index is 13.8. The standard InChI is InChI=1S/C19H15F3N4O/c20-13-4-1-11(2-5-13)16-8-17-19(27)24-10-18(26(17)25-16)23-9-12-3-6-14(21)7-15(12)22/h1-8,18,23H,9-10H2,(H,24,27)/t18-/m0/s1. The van der Waals surface area contributed by atoms with Gasteiger partial charge in [-0.3, -0.25) is 10.1 Å². The number of carbonyl (C=O) groups is 1. The van der Waals surface area contributed by atoms with Gasteiger partial charge in [0.15, 0.2) is 0 Å². The van der Waals surface area contributed by atoms with Crippen LogP contribution in [0.4, 0.5) is 13.2 Å². The van der Waals surface area contributed by atoms with Crippen molar-refractivity contribution in [2.24, 2.45) is 0 Å². The first-order valence-corrected chi connectivity index (χ1v) is 8.32. The van der Waals surface area contributed by atoms with Crippen molar-refractivity contribution < 1.29 is 18.0 Å². The molecule has 0 unspecified atom stereocenters. The van der Waals surface area contributed by atoms with Crippen molar-refractivity contribution in [3.63, 3.8) is 0 Å². The van der Waals surface area contributed by atoms with Gasteiger partial charge >= 0.3 is 0 Å². The lowest BCUT2D eigenvalue weighted by Crippen LogP contribution is -2.45. The van der Waals surface area contributed by atoms with Gasteiger partial charge in [0.1, 0.15) is 29.3 Å². The fraction of sp³-hybridized carbons (Fsp3) is 0.158. The third-order valence-corrected chi connectivity index (χ3v) is 4.40. The number of aromatic nitrogens is 2. The summed E-state index contributed by atoms with van der Waals surface area (Å²) in [6.45, 7) is 0.400. The molecule has 0 saturated heterocycles. The van der Waals surface area contributed by atoms with E-state index < -0.39 is 17.8 Å². The minimum absolute atomic E-state index is 0.137. The highest BCUT2D eigenvalue weighted by Crippen LogP contribution is 2.23. The fourth-order valence-corrected chi connectivity index (χ4v) is 2.98. The van der Waals surface area contributed by atoms with Crippen molar-refractivity contribution in [2.45, 2.75) is 12.7 Å². The lowest BCUT2D eigenvalue weighted by Gasteiger charge is -2.25. The van der Waals surface area contributed by atoms with E-state index >= 15 is 0 Å². The number of hydrogen-bond acceptors (Lipinski definition) is 3. The quantitative estimate of drug-likeness (QED) is 0.740. The number of nitrogens with zero attached hydrogens (tertiary/aromatic N) is 2. The monoisotopic (exact) mass is 372 g/mol. The Hall–Kier alpha value is -3.13. The van der Waals surface area contributed by atoms with Gasteiger partial charge in [0.2, 0.25) is 0 Å². The molecule has 27 heavy (non-hydrogen) atoms. The van der Waals surface area contributed by atoms with Gasteiger partial charge in [-0.1, -0.05) is 6.07 Å². The summed E-state index contributed by atoms with van der Waals surface area (Å²) >= 11 is 0. The molecular formula is C19H15F3N4O. The van der Waals surface area contributed by atoms with Crippen LogP contribution in [-0.2, 0) is 6.54 Å². The molecule has 1 amide bonds. The summed E-state index contributed by atoms with van der Waals surface area (Å²) < 4.78 is 41.5. The lowest BCUT2D eigenvalue weighted by atomic mass is 10.1. The number of nitrogens with one attached hydrogen (secondary N) is 2. The van der Waals surface area contributed by atoms with E-state index in [9.17, 15) is 18.0 Å². The smallest absolute Gasteiger partial charge is 0.269 e. The lowest BCUT2D eigenvalue weighted by molar-refractivity contribution is 0.0900. The van der Waals surface area contributed by atoms with E-state index in [-0.39, 0.29) is 24.8 Å². The van der Waals surface area contributed by atoms with Gasteiger partial charge in [0.05, 0.1) is 12.2 Å². The van der Waals surface area contributed by atoms with Crippen LogP contribution in [0.15, 0.2) is 48.5 Å². The predicted molar refractivity (Wildman–Crippen MR) is 92.2 cm³/mol. The molecule has 0 aliphatic carbocycles. The summed E-state index contributed by atoms with van der Waals surface area (Å²) in [6, 6.07) is 10.8. The van der Waals surface area contributed by atoms with Gasteiger partial charge in [-0.05, 0) is 36.4 Å². The van der Waals surface area contributed by atoms with E-state index in [1.807, 2.05) is 0 Å². The Bertz CT molecular complexity index is 1000. The van der Waals surface area contributed by atoms with Crippen molar-refractivity contribution in [2.75, 3.05) is 6.54 Å². The fourth-order valence-electron chi connectivity index (χ4n) is 2.98. The number of halogens is 3. The first kappa shape index (κ1) is 17.3. The van der Waals surface area contributed by atoms with Crippen molar-refractivity contribution in [1.29, 1.82) is 0 Å². The summed E-state index contributed by atoms with van der Waals surface area (Å²) in [7, 11) is 0. The predicted octanol–water partition coefficient (Wildman–Crippen LogP) is 3.00. The molecule has 5 nitrogen and oxygen atoms in total. The molecule has 8 heteroatoms. The maximum absolute atomic E-state index is 13.8. The number of fused-ring (bicyclic) bond motifs is 1. The van der Waals surface area contributed by atoms with Gasteiger partial charge in [-0.2, -0.15) is 5.10 Å². The normalized spacial score (nSPS) is 16.1. The van der Waals surface area contributed by atoms with Crippen LogP contribution in [0.25, 0.3) is 11.3 Å². The van der Waals surface area contributed by atoms with Crippen LogP contribution in [0.1, 0.15) is 22.2 Å². The number of hydrogen-bond donors (Lipinski definition) is 2. The number of benzene rings is 2. The average Bonchev–Trinajstić information content (AvgIpc) is 3.09. The SMILES string of the molecule is O=C1NC[C@@H](NCc2ccc(F)cc2F)n2nc(-c3ccc(F)cc3)cc21. The molecule has 2 aromatic carbocycles. The number of rotatable bonds is 4. The Morgan fingerprint density at radius 2 is 1.81 bits per heavy atom. The van der Waals surface area contributed by atoms with Crippen molar-refractivity contribution in [3.8, 4) is 11.3 Å². The Morgan fingerprint density at radius 1 is 1.07 bits per heavy atom. The highest BCUT2D eigenvalue weighted by atomic mass is 19.1. The van der Waals surface area contributed by atoms with Gasteiger partial charge in [0.25, 0.3) is 5.91 Å². The van der Waals surface area contributed by atoms with Crippen LogP contribution >= 0.6 is 0 Å². The van der Waals surface area contributed by atoms with E-state index in [4.69, 9.17) is 0 Å². The molecule has 1 aromatic heterocycles. The van der Waals surface area contributed by atoms with E-state index in [1.165, 1.54) is 28.9 Å². The highest BCUT2D eigenvalue weighted by molar-refractivity contribution is 5.94. The number of amides is 1. The third kappa shape index (κ3) is 3.43. The molecule has 0 fully saturated rings. The first-order chi connectivity index (χ1) is 13.0. The Balaban J connectivity index is 1.59. The average molecular weight is 372 g/mol. The molecule has 2 N–H and O–H groups in total. The maximum Gasteiger partial charge on any atom is 0.269 e. The summed E-state index contributed by atoms with van der Waals surface area (Å²) in [4.78, 5) is 12.1. The van der Waals surface area contributed by atoms with E-state index in [0.717, 1.165) is 6.07 Å². The van der Waals surface area contributed by atoms with Crippen LogP contribution in [0, 0.1) is 17.5 Å².